The maximum Gasteiger partial charge on any atom is 0.174 e. The highest BCUT2D eigenvalue weighted by Crippen LogP contribution is 2.44. The van der Waals surface area contributed by atoms with E-state index in [1.807, 2.05) is 18.3 Å². The highest BCUT2D eigenvalue weighted by atomic mass is 32.1. The van der Waals surface area contributed by atoms with Crippen LogP contribution in [0.4, 0.5) is 17.1 Å². The van der Waals surface area contributed by atoms with Gasteiger partial charge in [-0.25, -0.2) is 0 Å². The van der Waals surface area contributed by atoms with Crippen molar-refractivity contribution in [3.05, 3.63) is 102 Å². The molecular weight excluding hydrogens is 556 g/mol. The van der Waals surface area contributed by atoms with E-state index in [0.29, 0.717) is 5.11 Å². The summed E-state index contributed by atoms with van der Waals surface area (Å²) in [7, 11) is 0. The second kappa shape index (κ2) is 12.0. The van der Waals surface area contributed by atoms with E-state index in [1.165, 1.54) is 28.3 Å². The Morgan fingerprint density at radius 1 is 0.744 bits per heavy atom. The number of aryl methyl sites for hydroxylation is 1. The molecule has 0 spiro atoms. The standard InChI is InChI=1S/C34H38N6O2S/c1-24-23-30(25(2)39(24)28-10-6-26(7-11-28)37-15-19-41-20-16-37)33-32(31-5-3-4-14-35-31)36-34(43)40(33)29-12-8-27(9-13-29)38-17-21-42-22-18-38/h3-14,23,32-33H,15-22H2,1-2H3,(H,36,43)/t32-,33+/m0/s1. The maximum absolute atomic E-state index is 6.03. The number of nitrogens with one attached hydrogen (secondary N) is 1. The van der Waals surface area contributed by atoms with E-state index in [-0.39, 0.29) is 12.1 Å². The number of pyridine rings is 1. The minimum Gasteiger partial charge on any atom is -0.378 e. The van der Waals surface area contributed by atoms with E-state index in [1.54, 1.807) is 0 Å². The largest absolute Gasteiger partial charge is 0.378 e. The van der Waals surface area contributed by atoms with Crippen molar-refractivity contribution >= 4 is 34.4 Å². The van der Waals surface area contributed by atoms with Gasteiger partial charge in [0, 0.05) is 66.5 Å². The molecule has 3 aliphatic heterocycles. The molecule has 9 heteroatoms. The Morgan fingerprint density at radius 3 is 1.86 bits per heavy atom. The van der Waals surface area contributed by atoms with Gasteiger partial charge in [-0.2, -0.15) is 0 Å². The van der Waals surface area contributed by atoms with Crippen LogP contribution in [0, 0.1) is 13.8 Å². The van der Waals surface area contributed by atoms with Crippen molar-refractivity contribution in [3.63, 3.8) is 0 Å². The van der Waals surface area contributed by atoms with E-state index in [0.717, 1.165) is 69.7 Å². The van der Waals surface area contributed by atoms with Crippen LogP contribution in [0.25, 0.3) is 5.69 Å². The monoisotopic (exact) mass is 594 g/mol. The summed E-state index contributed by atoms with van der Waals surface area (Å²) < 4.78 is 13.5. The van der Waals surface area contributed by atoms with Crippen LogP contribution in [0.1, 0.15) is 34.7 Å². The minimum absolute atomic E-state index is 0.0655. The number of morpholine rings is 2. The van der Waals surface area contributed by atoms with Gasteiger partial charge in [0.1, 0.15) is 0 Å². The number of thiocarbonyl (C=S) groups is 1. The zero-order valence-electron chi connectivity index (χ0n) is 24.8. The molecule has 0 amide bonds. The molecule has 2 aromatic heterocycles. The zero-order valence-corrected chi connectivity index (χ0v) is 25.6. The Kier molecular flexibility index (Phi) is 7.78. The van der Waals surface area contributed by atoms with Gasteiger partial charge in [-0.05, 0) is 98.4 Å². The van der Waals surface area contributed by atoms with Gasteiger partial charge >= 0.3 is 0 Å². The number of hydrogen-bond donors (Lipinski definition) is 1. The number of aromatic nitrogens is 2. The van der Waals surface area contributed by atoms with E-state index in [2.05, 4.69) is 99.1 Å². The molecule has 0 radical (unpaired) electrons. The molecule has 3 saturated heterocycles. The fourth-order valence-corrected chi connectivity index (χ4v) is 7.06. The van der Waals surface area contributed by atoms with Gasteiger partial charge in [0.2, 0.25) is 0 Å². The molecule has 4 aromatic rings. The van der Waals surface area contributed by atoms with E-state index >= 15 is 0 Å². The molecule has 2 aromatic carbocycles. The first kappa shape index (κ1) is 27.9. The molecule has 8 nitrogen and oxygen atoms in total. The summed E-state index contributed by atoms with van der Waals surface area (Å²) in [5.41, 5.74) is 9.26. The van der Waals surface area contributed by atoms with Gasteiger partial charge in [0.15, 0.2) is 5.11 Å². The molecule has 1 N–H and O–H groups in total. The second-order valence-corrected chi connectivity index (χ2v) is 11.8. The van der Waals surface area contributed by atoms with Crippen molar-refractivity contribution in [1.29, 1.82) is 0 Å². The highest BCUT2D eigenvalue weighted by Gasteiger charge is 2.42. The first-order chi connectivity index (χ1) is 21.1. The molecule has 0 saturated carbocycles. The summed E-state index contributed by atoms with van der Waals surface area (Å²) in [5.74, 6) is 0. The molecule has 7 rings (SSSR count). The number of benzene rings is 2. The lowest BCUT2D eigenvalue weighted by molar-refractivity contribution is 0.122. The van der Waals surface area contributed by atoms with Crippen molar-refractivity contribution in [2.75, 3.05) is 67.3 Å². The number of anilines is 3. The van der Waals surface area contributed by atoms with Crippen molar-refractivity contribution in [2.24, 2.45) is 0 Å². The average Bonchev–Trinajstić information content (AvgIpc) is 3.56. The number of ether oxygens (including phenoxy) is 2. The number of hydrogen-bond acceptors (Lipinski definition) is 6. The van der Waals surface area contributed by atoms with Crippen LogP contribution in [0.2, 0.25) is 0 Å². The van der Waals surface area contributed by atoms with Crippen LogP contribution in [0.5, 0.6) is 0 Å². The van der Waals surface area contributed by atoms with Gasteiger partial charge in [0.25, 0.3) is 0 Å². The maximum atomic E-state index is 6.03. The summed E-state index contributed by atoms with van der Waals surface area (Å²) in [4.78, 5) is 11.8. The molecule has 222 valence electrons. The number of nitrogens with zero attached hydrogens (tertiary/aromatic N) is 5. The van der Waals surface area contributed by atoms with E-state index in [9.17, 15) is 0 Å². The van der Waals surface area contributed by atoms with Crippen molar-refractivity contribution in [2.45, 2.75) is 25.9 Å². The van der Waals surface area contributed by atoms with Crippen LogP contribution < -0.4 is 20.0 Å². The number of rotatable bonds is 6. The molecule has 3 aliphatic rings. The smallest absolute Gasteiger partial charge is 0.174 e. The third-order valence-electron chi connectivity index (χ3n) is 8.88. The van der Waals surface area contributed by atoms with Crippen LogP contribution in [-0.2, 0) is 9.47 Å². The summed E-state index contributed by atoms with van der Waals surface area (Å²) in [5, 5.41) is 4.34. The van der Waals surface area contributed by atoms with Crippen molar-refractivity contribution < 1.29 is 9.47 Å². The molecular formula is C34H38N6O2S. The Bertz CT molecular complexity index is 1560. The van der Waals surface area contributed by atoms with Gasteiger partial charge in [0.05, 0.1) is 44.2 Å². The minimum atomic E-state index is -0.0923. The fraction of sp³-hybridized carbons (Fsp3) is 0.353. The topological polar surface area (TPSA) is 58.0 Å². The normalized spacial score (nSPS) is 20.9. The lowest BCUT2D eigenvalue weighted by Gasteiger charge is -2.31. The zero-order chi connectivity index (χ0) is 29.3. The molecule has 2 atom stereocenters. The Balaban J connectivity index is 1.25. The average molecular weight is 595 g/mol. The van der Waals surface area contributed by atoms with Gasteiger partial charge in [-0.3, -0.25) is 4.98 Å². The van der Waals surface area contributed by atoms with Crippen LogP contribution in [0.15, 0.2) is 79.0 Å². The Hall–Kier alpha value is -3.92. The Morgan fingerprint density at radius 2 is 1.30 bits per heavy atom. The summed E-state index contributed by atoms with van der Waals surface area (Å²) in [6.07, 6.45) is 1.86. The molecule has 0 bridgehead atoms. The molecule has 43 heavy (non-hydrogen) atoms. The first-order valence-electron chi connectivity index (χ1n) is 15.1. The summed E-state index contributed by atoms with van der Waals surface area (Å²) in [6.45, 7) is 11.2. The van der Waals surface area contributed by atoms with Gasteiger partial charge < -0.3 is 34.1 Å². The molecule has 0 aliphatic carbocycles. The molecule has 3 fully saturated rings. The third-order valence-corrected chi connectivity index (χ3v) is 9.19. The molecule has 0 unspecified atom stereocenters. The summed E-state index contributed by atoms with van der Waals surface area (Å²) in [6, 6.07) is 25.9. The Labute approximate surface area is 258 Å². The van der Waals surface area contributed by atoms with E-state index in [4.69, 9.17) is 26.7 Å². The fourth-order valence-electron chi connectivity index (χ4n) is 6.71. The third kappa shape index (κ3) is 5.37. The van der Waals surface area contributed by atoms with Crippen molar-refractivity contribution in [1.82, 2.24) is 14.9 Å². The molecule has 5 heterocycles. The van der Waals surface area contributed by atoms with Crippen LogP contribution >= 0.6 is 12.2 Å². The van der Waals surface area contributed by atoms with Crippen LogP contribution in [-0.4, -0.2) is 67.3 Å². The first-order valence-corrected chi connectivity index (χ1v) is 15.5. The van der Waals surface area contributed by atoms with Gasteiger partial charge in [-0.1, -0.05) is 6.07 Å². The highest BCUT2D eigenvalue weighted by molar-refractivity contribution is 7.80. The van der Waals surface area contributed by atoms with Gasteiger partial charge in [-0.15, -0.1) is 0 Å². The lowest BCUT2D eigenvalue weighted by atomic mass is 9.96. The van der Waals surface area contributed by atoms with Crippen molar-refractivity contribution in [3.8, 4) is 5.69 Å². The second-order valence-electron chi connectivity index (χ2n) is 11.4. The van der Waals surface area contributed by atoms with E-state index < -0.39 is 0 Å². The SMILES string of the molecule is Cc1cc([C@@H]2[C@H](c3ccccn3)NC(=S)N2c2ccc(N3CCOCC3)cc2)c(C)n1-c1ccc(N2CCOCC2)cc1. The van der Waals surface area contributed by atoms with Crippen LogP contribution in [0.3, 0.4) is 0 Å². The predicted octanol–water partition coefficient (Wildman–Crippen LogP) is 5.34. The quantitative estimate of drug-likeness (QED) is 0.301. The predicted molar refractivity (Wildman–Crippen MR) is 176 cm³/mol. The summed E-state index contributed by atoms with van der Waals surface area (Å²) >= 11 is 6.03. The lowest BCUT2D eigenvalue weighted by Crippen LogP contribution is -2.36.